The Morgan fingerprint density at radius 2 is 1.80 bits per heavy atom. The minimum absolute atomic E-state index is 0. The van der Waals surface area contributed by atoms with Crippen molar-refractivity contribution in [3.8, 4) is 0 Å². The van der Waals surface area contributed by atoms with Crippen LogP contribution in [0, 0.1) is 6.92 Å². The van der Waals surface area contributed by atoms with Crippen LogP contribution in [0.15, 0.2) is 29.3 Å². The summed E-state index contributed by atoms with van der Waals surface area (Å²) in [7, 11) is 0. The van der Waals surface area contributed by atoms with Gasteiger partial charge in [-0.3, -0.25) is 4.99 Å². The Kier molecular flexibility index (Phi) is 11.0. The van der Waals surface area contributed by atoms with Crippen LogP contribution < -0.4 is 5.73 Å². The van der Waals surface area contributed by atoms with Crippen LogP contribution in [0.25, 0.3) is 0 Å². The van der Waals surface area contributed by atoms with Gasteiger partial charge in [-0.2, -0.15) is 11.8 Å². The number of guanidine groups is 1. The van der Waals surface area contributed by atoms with Crippen LogP contribution in [-0.2, 0) is 5.75 Å². The van der Waals surface area contributed by atoms with E-state index in [0.29, 0.717) is 5.96 Å². The zero-order chi connectivity index (χ0) is 14.1. The van der Waals surface area contributed by atoms with Crippen LogP contribution in [0.4, 0.5) is 0 Å². The molecule has 0 radical (unpaired) electrons. The van der Waals surface area contributed by atoms with E-state index in [1.54, 1.807) is 0 Å². The van der Waals surface area contributed by atoms with Crippen molar-refractivity contribution < 1.29 is 0 Å². The molecule has 0 unspecified atom stereocenters. The Morgan fingerprint density at radius 1 is 1.20 bits per heavy atom. The van der Waals surface area contributed by atoms with E-state index in [1.807, 2.05) is 11.8 Å². The summed E-state index contributed by atoms with van der Waals surface area (Å²) < 4.78 is 0. The van der Waals surface area contributed by atoms with E-state index >= 15 is 0 Å². The van der Waals surface area contributed by atoms with Gasteiger partial charge in [0, 0.05) is 24.6 Å². The second-order valence-corrected chi connectivity index (χ2v) is 5.56. The number of nitrogens with two attached hydrogens (primary N) is 1. The molecule has 0 amide bonds. The Labute approximate surface area is 144 Å². The molecule has 0 saturated heterocycles. The molecule has 0 aliphatic carbocycles. The van der Waals surface area contributed by atoms with Crippen molar-refractivity contribution in [3.63, 3.8) is 0 Å². The van der Waals surface area contributed by atoms with Gasteiger partial charge in [0.2, 0.25) is 0 Å². The van der Waals surface area contributed by atoms with Gasteiger partial charge < -0.3 is 10.6 Å². The maximum atomic E-state index is 5.92. The third-order valence-electron chi connectivity index (χ3n) is 2.99. The summed E-state index contributed by atoms with van der Waals surface area (Å²) in [6.07, 6.45) is 0. The van der Waals surface area contributed by atoms with Crippen LogP contribution in [0.5, 0.6) is 0 Å². The normalized spacial score (nSPS) is 11.1. The predicted molar refractivity (Wildman–Crippen MR) is 102 cm³/mol. The van der Waals surface area contributed by atoms with Crippen molar-refractivity contribution in [2.24, 2.45) is 10.7 Å². The van der Waals surface area contributed by atoms with Crippen molar-refractivity contribution in [2.75, 3.05) is 25.4 Å². The minimum atomic E-state index is 0. The van der Waals surface area contributed by atoms with Crippen molar-refractivity contribution in [1.29, 1.82) is 0 Å². The molecular weight excluding hydrogens is 381 g/mol. The van der Waals surface area contributed by atoms with Gasteiger partial charge in [-0.15, -0.1) is 24.0 Å². The fourth-order valence-electron chi connectivity index (χ4n) is 1.75. The number of rotatable bonds is 7. The summed E-state index contributed by atoms with van der Waals surface area (Å²) in [5.41, 5.74) is 8.60. The SMILES string of the molecule is CCN(CC)C(N)=NCCSCc1ccc(C)cc1.I. The molecule has 0 heterocycles. The fraction of sp³-hybridized carbons (Fsp3) is 0.533. The van der Waals surface area contributed by atoms with Gasteiger partial charge in [0.15, 0.2) is 5.96 Å². The Bertz CT molecular complexity index is 389. The second-order valence-electron chi connectivity index (χ2n) is 4.45. The molecule has 1 rings (SSSR count). The monoisotopic (exact) mass is 407 g/mol. The van der Waals surface area contributed by atoms with Crippen LogP contribution in [0.1, 0.15) is 25.0 Å². The molecule has 0 aromatic heterocycles. The van der Waals surface area contributed by atoms with Gasteiger partial charge >= 0.3 is 0 Å². The molecule has 3 nitrogen and oxygen atoms in total. The molecule has 1 aromatic rings. The Balaban J connectivity index is 0.00000361. The molecule has 0 saturated carbocycles. The Morgan fingerprint density at radius 3 is 2.35 bits per heavy atom. The lowest BCUT2D eigenvalue weighted by molar-refractivity contribution is 0.458. The van der Waals surface area contributed by atoms with Crippen LogP contribution in [-0.4, -0.2) is 36.2 Å². The average molecular weight is 407 g/mol. The molecule has 0 aliphatic rings. The fourth-order valence-corrected chi connectivity index (χ4v) is 2.54. The topological polar surface area (TPSA) is 41.6 Å². The molecule has 20 heavy (non-hydrogen) atoms. The summed E-state index contributed by atoms with van der Waals surface area (Å²) in [4.78, 5) is 6.49. The average Bonchev–Trinajstić information content (AvgIpc) is 2.42. The second kappa shape index (κ2) is 11.3. The zero-order valence-electron chi connectivity index (χ0n) is 12.6. The van der Waals surface area contributed by atoms with E-state index in [-0.39, 0.29) is 24.0 Å². The van der Waals surface area contributed by atoms with Gasteiger partial charge in [-0.05, 0) is 26.3 Å². The zero-order valence-corrected chi connectivity index (χ0v) is 15.8. The van der Waals surface area contributed by atoms with Gasteiger partial charge in [0.1, 0.15) is 0 Å². The van der Waals surface area contributed by atoms with Crippen molar-refractivity contribution >= 4 is 41.7 Å². The number of aryl methyl sites for hydroxylation is 1. The first-order valence-corrected chi connectivity index (χ1v) is 8.01. The van der Waals surface area contributed by atoms with Crippen molar-refractivity contribution in [3.05, 3.63) is 35.4 Å². The molecule has 0 bridgehead atoms. The number of nitrogens with zero attached hydrogens (tertiary/aromatic N) is 2. The largest absolute Gasteiger partial charge is 0.370 e. The molecule has 114 valence electrons. The van der Waals surface area contributed by atoms with Gasteiger partial charge in [-0.25, -0.2) is 0 Å². The van der Waals surface area contributed by atoms with E-state index in [0.717, 1.165) is 31.1 Å². The first kappa shape index (κ1) is 19.6. The van der Waals surface area contributed by atoms with Crippen LogP contribution in [0.2, 0.25) is 0 Å². The standard InChI is InChI=1S/C15H25N3S.HI/c1-4-18(5-2)15(16)17-10-11-19-12-14-8-6-13(3)7-9-14;/h6-9H,4-5,10-12H2,1-3H3,(H2,16,17);1H. The number of benzene rings is 1. The third-order valence-corrected chi connectivity index (χ3v) is 3.99. The number of halogens is 1. The lowest BCUT2D eigenvalue weighted by Gasteiger charge is -2.19. The lowest BCUT2D eigenvalue weighted by Crippen LogP contribution is -2.37. The summed E-state index contributed by atoms with van der Waals surface area (Å²) in [6.45, 7) is 8.93. The molecule has 0 atom stereocenters. The maximum Gasteiger partial charge on any atom is 0.191 e. The van der Waals surface area contributed by atoms with Crippen molar-refractivity contribution in [1.82, 2.24) is 4.90 Å². The van der Waals surface area contributed by atoms with Gasteiger partial charge in [-0.1, -0.05) is 29.8 Å². The van der Waals surface area contributed by atoms with E-state index in [4.69, 9.17) is 5.73 Å². The first-order valence-electron chi connectivity index (χ1n) is 6.85. The molecule has 2 N–H and O–H groups in total. The number of hydrogen-bond donors (Lipinski definition) is 1. The van der Waals surface area contributed by atoms with Gasteiger partial charge in [0.05, 0.1) is 6.54 Å². The number of thioether (sulfide) groups is 1. The maximum absolute atomic E-state index is 5.92. The summed E-state index contributed by atoms with van der Waals surface area (Å²) in [6, 6.07) is 8.70. The highest BCUT2D eigenvalue weighted by Crippen LogP contribution is 2.12. The highest BCUT2D eigenvalue weighted by Gasteiger charge is 2.00. The first-order chi connectivity index (χ1) is 9.17. The highest BCUT2D eigenvalue weighted by atomic mass is 127. The molecule has 5 heteroatoms. The molecule has 1 aromatic carbocycles. The number of hydrogen-bond acceptors (Lipinski definition) is 2. The number of aliphatic imine (C=N–C) groups is 1. The van der Waals surface area contributed by atoms with E-state index in [9.17, 15) is 0 Å². The summed E-state index contributed by atoms with van der Waals surface area (Å²) >= 11 is 1.90. The Hall–Kier alpha value is -0.430. The van der Waals surface area contributed by atoms with Crippen LogP contribution in [0.3, 0.4) is 0 Å². The van der Waals surface area contributed by atoms with E-state index in [1.165, 1.54) is 11.1 Å². The quantitative estimate of drug-likeness (QED) is 0.326. The summed E-state index contributed by atoms with van der Waals surface area (Å²) in [5, 5.41) is 0. The summed E-state index contributed by atoms with van der Waals surface area (Å²) in [5.74, 6) is 2.72. The molecule has 0 aliphatic heterocycles. The predicted octanol–water partition coefficient (Wildman–Crippen LogP) is 3.50. The lowest BCUT2D eigenvalue weighted by atomic mass is 10.2. The highest BCUT2D eigenvalue weighted by molar-refractivity contribution is 14.0. The third kappa shape index (κ3) is 7.38. The smallest absolute Gasteiger partial charge is 0.191 e. The molecule has 0 fully saturated rings. The van der Waals surface area contributed by atoms with Crippen LogP contribution >= 0.6 is 35.7 Å². The van der Waals surface area contributed by atoms with E-state index in [2.05, 4.69) is 54.9 Å². The van der Waals surface area contributed by atoms with Crippen molar-refractivity contribution in [2.45, 2.75) is 26.5 Å². The minimum Gasteiger partial charge on any atom is -0.370 e. The molecular formula is C15H26IN3S. The van der Waals surface area contributed by atoms with E-state index < -0.39 is 0 Å². The van der Waals surface area contributed by atoms with Gasteiger partial charge in [0.25, 0.3) is 0 Å². The molecule has 0 spiro atoms.